The first-order chi connectivity index (χ1) is 12.5. The number of carbonyl (C=O) groups is 2. The van der Waals surface area contributed by atoms with Crippen molar-refractivity contribution in [3.05, 3.63) is 64.4 Å². The molecule has 0 aromatic heterocycles. The summed E-state index contributed by atoms with van der Waals surface area (Å²) in [7, 11) is 0. The fraction of sp³-hybridized carbons (Fsp3) is 0.263. The van der Waals surface area contributed by atoms with Gasteiger partial charge in [-0.3, -0.25) is 9.59 Å². The Balaban J connectivity index is 1.54. The highest BCUT2D eigenvalue weighted by Crippen LogP contribution is 2.18. The van der Waals surface area contributed by atoms with Crippen LogP contribution in [-0.4, -0.2) is 30.7 Å². The van der Waals surface area contributed by atoms with E-state index in [1.165, 1.54) is 12.1 Å². The molecule has 2 amide bonds. The van der Waals surface area contributed by atoms with E-state index in [9.17, 15) is 14.0 Å². The number of halogens is 2. The molecule has 0 saturated carbocycles. The van der Waals surface area contributed by atoms with Crippen molar-refractivity contribution in [3.63, 3.8) is 0 Å². The van der Waals surface area contributed by atoms with Crippen LogP contribution in [0.15, 0.2) is 57.9 Å². The molecule has 0 atom stereocenters. The maximum atomic E-state index is 12.8. The SMILES string of the molecule is O=C(CCNC(=O)c1ccc(Br)cc1)NCCCSc1ccc(F)cc1. The first-order valence-corrected chi connectivity index (χ1v) is 10.0. The Morgan fingerprint density at radius 1 is 0.962 bits per heavy atom. The van der Waals surface area contributed by atoms with Crippen molar-refractivity contribution in [2.24, 2.45) is 0 Å². The van der Waals surface area contributed by atoms with Crippen molar-refractivity contribution in [2.45, 2.75) is 17.7 Å². The van der Waals surface area contributed by atoms with Crippen LogP contribution in [0, 0.1) is 5.82 Å². The molecule has 0 bridgehead atoms. The average molecular weight is 439 g/mol. The number of benzene rings is 2. The third-order valence-electron chi connectivity index (χ3n) is 3.47. The molecule has 0 aliphatic carbocycles. The van der Waals surface area contributed by atoms with Crippen molar-refractivity contribution in [2.75, 3.05) is 18.8 Å². The molecule has 0 saturated heterocycles. The van der Waals surface area contributed by atoms with Crippen LogP contribution in [0.1, 0.15) is 23.2 Å². The largest absolute Gasteiger partial charge is 0.356 e. The summed E-state index contributed by atoms with van der Waals surface area (Å²) in [6.07, 6.45) is 1.06. The first-order valence-electron chi connectivity index (χ1n) is 8.23. The van der Waals surface area contributed by atoms with E-state index < -0.39 is 0 Å². The minimum atomic E-state index is -0.242. The van der Waals surface area contributed by atoms with E-state index in [1.807, 2.05) is 0 Å². The predicted octanol–water partition coefficient (Wildman–Crippen LogP) is 4.01. The van der Waals surface area contributed by atoms with Gasteiger partial charge in [0.1, 0.15) is 5.82 Å². The van der Waals surface area contributed by atoms with Gasteiger partial charge in [0, 0.05) is 34.4 Å². The molecule has 0 aliphatic rings. The van der Waals surface area contributed by atoms with Gasteiger partial charge in [-0.05, 0) is 60.7 Å². The third-order valence-corrected chi connectivity index (χ3v) is 5.10. The Labute approximate surface area is 165 Å². The fourth-order valence-corrected chi connectivity index (χ4v) is 3.22. The van der Waals surface area contributed by atoms with E-state index in [4.69, 9.17) is 0 Å². The van der Waals surface area contributed by atoms with E-state index in [2.05, 4.69) is 26.6 Å². The van der Waals surface area contributed by atoms with Crippen LogP contribution < -0.4 is 10.6 Å². The summed E-state index contributed by atoms with van der Waals surface area (Å²) >= 11 is 4.94. The number of rotatable bonds is 9. The second kappa shape index (κ2) is 11.0. The number of carbonyl (C=O) groups excluding carboxylic acids is 2. The van der Waals surface area contributed by atoms with E-state index in [1.54, 1.807) is 48.2 Å². The maximum absolute atomic E-state index is 12.8. The molecule has 2 rings (SSSR count). The van der Waals surface area contributed by atoms with Crippen LogP contribution in [0.3, 0.4) is 0 Å². The van der Waals surface area contributed by atoms with Crippen molar-refractivity contribution in [1.82, 2.24) is 10.6 Å². The number of amides is 2. The molecule has 2 aromatic carbocycles. The molecular weight excluding hydrogens is 419 g/mol. The van der Waals surface area contributed by atoms with Crippen LogP contribution in [0.25, 0.3) is 0 Å². The van der Waals surface area contributed by atoms with E-state index in [-0.39, 0.29) is 24.1 Å². The lowest BCUT2D eigenvalue weighted by Crippen LogP contribution is -2.31. The zero-order chi connectivity index (χ0) is 18.8. The van der Waals surface area contributed by atoms with Crippen LogP contribution in [0.2, 0.25) is 0 Å². The molecule has 4 nitrogen and oxygen atoms in total. The van der Waals surface area contributed by atoms with Gasteiger partial charge in [0.25, 0.3) is 5.91 Å². The molecule has 2 N–H and O–H groups in total. The van der Waals surface area contributed by atoms with Gasteiger partial charge in [-0.2, -0.15) is 0 Å². The van der Waals surface area contributed by atoms with Crippen LogP contribution in [-0.2, 0) is 4.79 Å². The van der Waals surface area contributed by atoms with Gasteiger partial charge in [0.15, 0.2) is 0 Å². The predicted molar refractivity (Wildman–Crippen MR) is 106 cm³/mol. The Hall–Kier alpha value is -1.86. The number of hydrogen-bond donors (Lipinski definition) is 2. The lowest BCUT2D eigenvalue weighted by molar-refractivity contribution is -0.120. The van der Waals surface area contributed by atoms with Crippen molar-refractivity contribution < 1.29 is 14.0 Å². The molecule has 2 aromatic rings. The topological polar surface area (TPSA) is 58.2 Å². The van der Waals surface area contributed by atoms with Crippen molar-refractivity contribution in [3.8, 4) is 0 Å². The van der Waals surface area contributed by atoms with Gasteiger partial charge in [-0.1, -0.05) is 15.9 Å². The number of thioether (sulfide) groups is 1. The van der Waals surface area contributed by atoms with Crippen LogP contribution in [0.4, 0.5) is 4.39 Å². The molecule has 0 fully saturated rings. The molecular formula is C19H20BrFN2O2S. The molecule has 0 spiro atoms. The third kappa shape index (κ3) is 7.58. The smallest absolute Gasteiger partial charge is 0.251 e. The molecule has 138 valence electrons. The normalized spacial score (nSPS) is 10.4. The first kappa shape index (κ1) is 20.5. The van der Waals surface area contributed by atoms with Crippen molar-refractivity contribution >= 4 is 39.5 Å². The fourth-order valence-electron chi connectivity index (χ4n) is 2.10. The second-order valence-corrected chi connectivity index (χ2v) is 7.60. The summed E-state index contributed by atoms with van der Waals surface area (Å²) in [6, 6.07) is 13.4. The van der Waals surface area contributed by atoms with E-state index in [0.717, 1.165) is 21.5 Å². The summed E-state index contributed by atoms with van der Waals surface area (Å²) in [5.74, 6) is 0.314. The van der Waals surface area contributed by atoms with E-state index >= 15 is 0 Å². The molecule has 0 radical (unpaired) electrons. The summed E-state index contributed by atoms with van der Waals surface area (Å²) in [6.45, 7) is 0.874. The van der Waals surface area contributed by atoms with Gasteiger partial charge in [0.05, 0.1) is 0 Å². The lowest BCUT2D eigenvalue weighted by atomic mass is 10.2. The lowest BCUT2D eigenvalue weighted by Gasteiger charge is -2.07. The Morgan fingerprint density at radius 2 is 1.65 bits per heavy atom. The summed E-state index contributed by atoms with van der Waals surface area (Å²) in [5.41, 5.74) is 0.562. The number of hydrogen-bond acceptors (Lipinski definition) is 3. The molecule has 0 unspecified atom stereocenters. The number of nitrogens with one attached hydrogen (secondary N) is 2. The van der Waals surface area contributed by atoms with Gasteiger partial charge in [-0.15, -0.1) is 11.8 Å². The molecule has 7 heteroatoms. The zero-order valence-corrected chi connectivity index (χ0v) is 16.5. The van der Waals surface area contributed by atoms with Crippen LogP contribution in [0.5, 0.6) is 0 Å². The average Bonchev–Trinajstić information content (AvgIpc) is 2.63. The van der Waals surface area contributed by atoms with Crippen LogP contribution >= 0.6 is 27.7 Å². The highest BCUT2D eigenvalue weighted by Gasteiger charge is 2.06. The minimum Gasteiger partial charge on any atom is -0.356 e. The zero-order valence-electron chi connectivity index (χ0n) is 14.1. The Morgan fingerprint density at radius 3 is 2.35 bits per heavy atom. The Bertz CT molecular complexity index is 723. The van der Waals surface area contributed by atoms with Gasteiger partial charge in [0.2, 0.25) is 5.91 Å². The quantitative estimate of drug-likeness (QED) is 0.459. The standard InChI is InChI=1S/C19H20BrFN2O2S/c20-15-4-2-14(3-5-15)19(25)23-12-10-18(24)22-11-1-13-26-17-8-6-16(21)7-9-17/h2-9H,1,10-13H2,(H,22,24)(H,23,25). The van der Waals surface area contributed by atoms with Crippen molar-refractivity contribution in [1.29, 1.82) is 0 Å². The highest BCUT2D eigenvalue weighted by molar-refractivity contribution is 9.10. The molecule has 26 heavy (non-hydrogen) atoms. The summed E-state index contributed by atoms with van der Waals surface area (Å²) in [5, 5.41) is 5.56. The summed E-state index contributed by atoms with van der Waals surface area (Å²) < 4.78 is 13.7. The molecule has 0 heterocycles. The van der Waals surface area contributed by atoms with Gasteiger partial charge in [-0.25, -0.2) is 4.39 Å². The van der Waals surface area contributed by atoms with E-state index in [0.29, 0.717) is 18.7 Å². The maximum Gasteiger partial charge on any atom is 0.251 e. The van der Waals surface area contributed by atoms with Gasteiger partial charge < -0.3 is 10.6 Å². The second-order valence-electron chi connectivity index (χ2n) is 5.52. The Kier molecular flexibility index (Phi) is 8.64. The summed E-state index contributed by atoms with van der Waals surface area (Å²) in [4.78, 5) is 24.7. The highest BCUT2D eigenvalue weighted by atomic mass is 79.9. The van der Waals surface area contributed by atoms with Gasteiger partial charge >= 0.3 is 0 Å². The minimum absolute atomic E-state index is 0.0899. The monoisotopic (exact) mass is 438 g/mol. The molecule has 0 aliphatic heterocycles.